The van der Waals surface area contributed by atoms with E-state index in [-0.39, 0.29) is 36.2 Å². The van der Waals surface area contributed by atoms with Crippen LogP contribution in [-0.4, -0.2) is 40.9 Å². The zero-order chi connectivity index (χ0) is 17.9. The summed E-state index contributed by atoms with van der Waals surface area (Å²) < 4.78 is 4.63. The lowest BCUT2D eigenvalue weighted by Gasteiger charge is -2.23. The third kappa shape index (κ3) is 3.49. The molecule has 0 aromatic heterocycles. The van der Waals surface area contributed by atoms with Crippen molar-refractivity contribution in [1.29, 1.82) is 0 Å². The van der Waals surface area contributed by atoms with Gasteiger partial charge in [-0.05, 0) is 12.5 Å². The third-order valence-electron chi connectivity index (χ3n) is 3.62. The van der Waals surface area contributed by atoms with Gasteiger partial charge < -0.3 is 10.5 Å². The van der Waals surface area contributed by atoms with Gasteiger partial charge in [0.2, 0.25) is 5.91 Å². The van der Waals surface area contributed by atoms with E-state index >= 15 is 0 Å². The van der Waals surface area contributed by atoms with E-state index in [1.165, 1.54) is 25.3 Å². The topological polar surface area (TPSA) is 145 Å². The molecule has 10 heteroatoms. The highest BCUT2D eigenvalue weighted by Gasteiger charge is 2.35. The van der Waals surface area contributed by atoms with E-state index in [0.717, 1.165) is 5.01 Å². The summed E-state index contributed by atoms with van der Waals surface area (Å²) in [6.45, 7) is -0.0740. The first-order valence-electron chi connectivity index (χ1n) is 7.05. The number of nitro benzene ring substituents is 1. The van der Waals surface area contributed by atoms with Crippen LogP contribution in [0.15, 0.2) is 18.2 Å². The molecular weight excluding hydrogens is 320 g/mol. The molecule has 1 unspecified atom stereocenters. The number of nitrogens with one attached hydrogen (secondary N) is 1. The highest BCUT2D eigenvalue weighted by molar-refractivity contribution is 5.99. The molecule has 0 bridgehead atoms. The lowest BCUT2D eigenvalue weighted by atomic mass is 10.1. The largest absolute Gasteiger partial charge is 0.468 e. The zero-order valence-electron chi connectivity index (χ0n) is 12.9. The maximum absolute atomic E-state index is 12.4. The van der Waals surface area contributed by atoms with E-state index in [1.54, 1.807) is 0 Å². The van der Waals surface area contributed by atoms with Crippen molar-refractivity contribution in [3.8, 4) is 0 Å². The fourth-order valence-corrected chi connectivity index (χ4v) is 2.44. The fourth-order valence-electron chi connectivity index (χ4n) is 2.44. The molecule has 128 valence electrons. The number of esters is 1. The molecule has 0 fully saturated rings. The number of hydrazine groups is 1. The van der Waals surface area contributed by atoms with Crippen molar-refractivity contribution in [2.45, 2.75) is 25.4 Å². The van der Waals surface area contributed by atoms with Crippen molar-refractivity contribution < 1.29 is 24.0 Å². The van der Waals surface area contributed by atoms with Gasteiger partial charge >= 0.3 is 5.97 Å². The maximum Gasteiger partial charge on any atom is 0.324 e. The summed E-state index contributed by atoms with van der Waals surface area (Å²) in [5.74, 6) is -1.77. The molecule has 24 heavy (non-hydrogen) atoms. The molecule has 10 nitrogen and oxygen atoms in total. The number of carbonyl (C=O) groups is 3. The number of ether oxygens (including phenoxy) is 1. The normalized spacial score (nSPS) is 14.2. The van der Waals surface area contributed by atoms with E-state index in [9.17, 15) is 24.5 Å². The van der Waals surface area contributed by atoms with Crippen molar-refractivity contribution in [3.05, 3.63) is 39.4 Å². The van der Waals surface area contributed by atoms with Gasteiger partial charge in [0.1, 0.15) is 6.04 Å². The Labute approximate surface area is 136 Å². The second-order valence-corrected chi connectivity index (χ2v) is 5.16. The number of nitrogens with two attached hydrogens (primary N) is 1. The molecule has 2 rings (SSSR count). The number of nitro groups is 1. The van der Waals surface area contributed by atoms with Crippen LogP contribution in [0, 0.1) is 10.1 Å². The number of rotatable bonds is 7. The van der Waals surface area contributed by atoms with Crippen molar-refractivity contribution in [3.63, 3.8) is 0 Å². The van der Waals surface area contributed by atoms with Crippen LogP contribution in [0.25, 0.3) is 0 Å². The van der Waals surface area contributed by atoms with Gasteiger partial charge in [0, 0.05) is 12.5 Å². The zero-order valence-corrected chi connectivity index (χ0v) is 12.9. The third-order valence-corrected chi connectivity index (χ3v) is 3.62. The van der Waals surface area contributed by atoms with E-state index < -0.39 is 28.7 Å². The quantitative estimate of drug-likeness (QED) is 0.400. The average Bonchev–Trinajstić information content (AvgIpc) is 2.86. The number of hydrogen-bond acceptors (Lipinski definition) is 7. The number of primary amides is 1. The van der Waals surface area contributed by atoms with Crippen molar-refractivity contribution >= 4 is 23.5 Å². The Kier molecular flexibility index (Phi) is 5.09. The molecule has 1 aliphatic heterocycles. The first-order chi connectivity index (χ1) is 11.3. The molecule has 3 N–H and O–H groups in total. The minimum atomic E-state index is -0.972. The lowest BCUT2D eigenvalue weighted by molar-refractivity contribution is -0.385. The van der Waals surface area contributed by atoms with Gasteiger partial charge in [-0.2, -0.15) is 0 Å². The van der Waals surface area contributed by atoms with Crippen LogP contribution in [-0.2, 0) is 20.9 Å². The number of benzene rings is 1. The minimum absolute atomic E-state index is 0.0320. The Morgan fingerprint density at radius 2 is 2.21 bits per heavy atom. The standard InChI is InChI=1S/C14H16N4O6/c1-24-14(21)10(5-6-12(15)19)16-17-7-9-8(13(17)20)3-2-4-11(9)18(22)23/h2-4,10,16H,5-7H2,1H3,(H2,15,19). The molecule has 1 atom stereocenters. The van der Waals surface area contributed by atoms with Crippen LogP contribution in [0.3, 0.4) is 0 Å². The van der Waals surface area contributed by atoms with Gasteiger partial charge in [0.25, 0.3) is 11.6 Å². The number of hydrogen-bond donors (Lipinski definition) is 2. The van der Waals surface area contributed by atoms with Gasteiger partial charge in [-0.15, -0.1) is 0 Å². The molecular formula is C14H16N4O6. The number of methoxy groups -OCH3 is 1. The summed E-state index contributed by atoms with van der Waals surface area (Å²) in [6, 6.07) is 3.23. The van der Waals surface area contributed by atoms with Crippen LogP contribution in [0.1, 0.15) is 28.8 Å². The van der Waals surface area contributed by atoms with Gasteiger partial charge in [0.05, 0.1) is 29.7 Å². The van der Waals surface area contributed by atoms with Gasteiger partial charge in [-0.25, -0.2) is 5.43 Å². The Hall–Kier alpha value is -3.01. The Morgan fingerprint density at radius 1 is 1.50 bits per heavy atom. The van der Waals surface area contributed by atoms with Crippen LogP contribution in [0.2, 0.25) is 0 Å². The number of carbonyl (C=O) groups excluding carboxylic acids is 3. The van der Waals surface area contributed by atoms with Crippen LogP contribution in [0.5, 0.6) is 0 Å². The summed E-state index contributed by atoms with van der Waals surface area (Å²) in [6.07, 6.45) is -0.0495. The summed E-state index contributed by atoms with van der Waals surface area (Å²) in [7, 11) is 1.17. The Balaban J connectivity index is 2.19. The molecule has 0 saturated heterocycles. The highest BCUT2D eigenvalue weighted by atomic mass is 16.6. The maximum atomic E-state index is 12.4. The summed E-state index contributed by atoms with van der Waals surface area (Å²) in [5, 5.41) is 12.2. The van der Waals surface area contributed by atoms with E-state index in [2.05, 4.69) is 10.2 Å². The van der Waals surface area contributed by atoms with E-state index in [0.29, 0.717) is 0 Å². The second-order valence-electron chi connectivity index (χ2n) is 5.16. The van der Waals surface area contributed by atoms with Crippen LogP contribution in [0.4, 0.5) is 5.69 Å². The summed E-state index contributed by atoms with van der Waals surface area (Å²) in [4.78, 5) is 45.5. The lowest BCUT2D eigenvalue weighted by Crippen LogP contribution is -2.49. The van der Waals surface area contributed by atoms with Crippen LogP contribution < -0.4 is 11.2 Å². The second kappa shape index (κ2) is 7.04. The molecule has 1 aliphatic rings. The van der Waals surface area contributed by atoms with Gasteiger partial charge in [-0.3, -0.25) is 29.5 Å². The number of fused-ring (bicyclic) bond motifs is 1. The first kappa shape index (κ1) is 17.3. The van der Waals surface area contributed by atoms with E-state index in [1.807, 2.05) is 0 Å². The monoisotopic (exact) mass is 336 g/mol. The smallest absolute Gasteiger partial charge is 0.324 e. The fraction of sp³-hybridized carbons (Fsp3) is 0.357. The molecule has 1 heterocycles. The molecule has 0 radical (unpaired) electrons. The highest BCUT2D eigenvalue weighted by Crippen LogP contribution is 2.29. The number of nitrogens with zero attached hydrogens (tertiary/aromatic N) is 2. The van der Waals surface area contributed by atoms with Gasteiger partial charge in [0.15, 0.2) is 0 Å². The first-order valence-corrected chi connectivity index (χ1v) is 7.05. The van der Waals surface area contributed by atoms with Crippen molar-refractivity contribution in [2.75, 3.05) is 7.11 Å². The van der Waals surface area contributed by atoms with Crippen molar-refractivity contribution in [1.82, 2.24) is 10.4 Å². The van der Waals surface area contributed by atoms with Crippen LogP contribution >= 0.6 is 0 Å². The molecule has 1 aromatic rings. The average molecular weight is 336 g/mol. The molecule has 2 amide bonds. The summed E-state index contributed by atoms with van der Waals surface area (Å²) >= 11 is 0. The van der Waals surface area contributed by atoms with Crippen molar-refractivity contribution in [2.24, 2.45) is 5.73 Å². The van der Waals surface area contributed by atoms with Gasteiger partial charge in [-0.1, -0.05) is 6.07 Å². The SMILES string of the molecule is COC(=O)C(CCC(N)=O)NN1Cc2c(cccc2[N+](=O)[O-])C1=O. The minimum Gasteiger partial charge on any atom is -0.468 e. The summed E-state index contributed by atoms with van der Waals surface area (Å²) in [5.41, 5.74) is 8.01. The Bertz CT molecular complexity index is 705. The predicted octanol–water partition coefficient (Wildman–Crippen LogP) is -0.138. The Morgan fingerprint density at radius 3 is 2.79 bits per heavy atom. The number of amides is 2. The molecule has 0 aliphatic carbocycles. The molecule has 0 saturated carbocycles. The predicted molar refractivity (Wildman–Crippen MR) is 80.3 cm³/mol. The molecule has 1 aromatic carbocycles. The molecule has 0 spiro atoms. The van der Waals surface area contributed by atoms with E-state index in [4.69, 9.17) is 5.73 Å².